The summed E-state index contributed by atoms with van der Waals surface area (Å²) in [7, 11) is 0. The Morgan fingerprint density at radius 3 is 2.67 bits per heavy atom. The van der Waals surface area contributed by atoms with Gasteiger partial charge in [-0.15, -0.1) is 0 Å². The van der Waals surface area contributed by atoms with Crippen molar-refractivity contribution in [3.63, 3.8) is 0 Å². The molecule has 3 rings (SSSR count). The normalized spacial score (nSPS) is 14.5. The predicted molar refractivity (Wildman–Crippen MR) is 86.5 cm³/mol. The molecular formula is C18H24N2O. The molecule has 1 aliphatic heterocycles. The van der Waals surface area contributed by atoms with Gasteiger partial charge in [0.15, 0.2) is 0 Å². The van der Waals surface area contributed by atoms with Crippen LogP contribution in [0.25, 0.3) is 0 Å². The van der Waals surface area contributed by atoms with Crippen LogP contribution in [-0.4, -0.2) is 12.1 Å². The Balaban J connectivity index is 1.63. The van der Waals surface area contributed by atoms with Crippen LogP contribution in [0.3, 0.4) is 0 Å². The van der Waals surface area contributed by atoms with Gasteiger partial charge in [-0.05, 0) is 51.0 Å². The molecule has 1 N–H and O–H groups in total. The summed E-state index contributed by atoms with van der Waals surface area (Å²) in [5.41, 5.74) is 2.91. The Morgan fingerprint density at radius 2 is 1.86 bits per heavy atom. The maximum absolute atomic E-state index is 5.95. The fraction of sp³-hybridized carbons (Fsp3) is 0.444. The summed E-state index contributed by atoms with van der Waals surface area (Å²) >= 11 is 0. The van der Waals surface area contributed by atoms with Gasteiger partial charge in [0.05, 0.1) is 13.1 Å². The van der Waals surface area contributed by atoms with Gasteiger partial charge >= 0.3 is 0 Å². The van der Waals surface area contributed by atoms with E-state index >= 15 is 0 Å². The van der Waals surface area contributed by atoms with E-state index in [1.807, 2.05) is 0 Å². The lowest BCUT2D eigenvalue weighted by Gasteiger charge is -2.19. The molecule has 1 aromatic carbocycles. The molecule has 0 spiro atoms. The summed E-state index contributed by atoms with van der Waals surface area (Å²) in [6.45, 7) is 9.20. The zero-order valence-corrected chi connectivity index (χ0v) is 13.1. The molecule has 1 aliphatic rings. The maximum atomic E-state index is 5.95. The molecule has 0 saturated heterocycles. The van der Waals surface area contributed by atoms with Crippen LogP contribution in [0.1, 0.15) is 37.9 Å². The van der Waals surface area contributed by atoms with Crippen LogP contribution in [0.15, 0.2) is 40.8 Å². The minimum atomic E-state index is 0.112. The molecule has 0 radical (unpaired) electrons. The highest BCUT2D eigenvalue weighted by Crippen LogP contribution is 2.29. The Hall–Kier alpha value is -1.74. The smallest absolute Gasteiger partial charge is 0.123 e. The standard InChI is InChI=1S/C18H24N2O/c1-18(2,3)19-12-15-8-9-16(21-15)13-20-11-10-14-6-4-5-7-17(14)20/h4-9,19H,10-13H2,1-3H3. The SMILES string of the molecule is CC(C)(C)NCc1ccc(CN2CCc3ccccc32)o1. The average Bonchev–Trinajstić information content (AvgIpc) is 3.04. The molecule has 0 saturated carbocycles. The summed E-state index contributed by atoms with van der Waals surface area (Å²) in [4.78, 5) is 2.40. The van der Waals surface area contributed by atoms with Gasteiger partial charge in [-0.1, -0.05) is 18.2 Å². The third kappa shape index (κ3) is 3.48. The molecule has 0 atom stereocenters. The Morgan fingerprint density at radius 1 is 1.10 bits per heavy atom. The molecule has 1 aromatic heterocycles. The van der Waals surface area contributed by atoms with E-state index in [1.165, 1.54) is 11.3 Å². The van der Waals surface area contributed by atoms with Crippen LogP contribution in [0.2, 0.25) is 0 Å². The van der Waals surface area contributed by atoms with Crippen LogP contribution < -0.4 is 10.2 Å². The predicted octanol–water partition coefficient (Wildman–Crippen LogP) is 3.73. The van der Waals surface area contributed by atoms with Crippen molar-refractivity contribution in [1.82, 2.24) is 5.32 Å². The summed E-state index contributed by atoms with van der Waals surface area (Å²) in [6.07, 6.45) is 1.13. The van der Waals surface area contributed by atoms with Gasteiger partial charge in [0, 0.05) is 17.8 Å². The third-order valence-electron chi connectivity index (χ3n) is 3.84. The zero-order valence-electron chi connectivity index (χ0n) is 13.1. The second-order valence-corrected chi connectivity index (χ2v) is 6.77. The number of para-hydroxylation sites is 1. The molecule has 112 valence electrons. The van der Waals surface area contributed by atoms with Crippen molar-refractivity contribution in [3.8, 4) is 0 Å². The maximum Gasteiger partial charge on any atom is 0.123 e. The first-order valence-corrected chi connectivity index (χ1v) is 7.67. The summed E-state index contributed by atoms with van der Waals surface area (Å²) in [6, 6.07) is 12.8. The third-order valence-corrected chi connectivity index (χ3v) is 3.84. The number of anilines is 1. The molecule has 0 amide bonds. The van der Waals surface area contributed by atoms with E-state index < -0.39 is 0 Å². The highest BCUT2D eigenvalue weighted by atomic mass is 16.3. The molecule has 3 heteroatoms. The van der Waals surface area contributed by atoms with Crippen LogP contribution in [0.5, 0.6) is 0 Å². The number of rotatable bonds is 4. The van der Waals surface area contributed by atoms with Crippen molar-refractivity contribution in [2.24, 2.45) is 0 Å². The minimum Gasteiger partial charge on any atom is -0.463 e. The van der Waals surface area contributed by atoms with Crippen molar-refractivity contribution >= 4 is 5.69 Å². The number of fused-ring (bicyclic) bond motifs is 1. The van der Waals surface area contributed by atoms with Crippen molar-refractivity contribution in [2.75, 3.05) is 11.4 Å². The van der Waals surface area contributed by atoms with Crippen molar-refractivity contribution < 1.29 is 4.42 Å². The largest absolute Gasteiger partial charge is 0.463 e. The van der Waals surface area contributed by atoms with E-state index in [9.17, 15) is 0 Å². The number of hydrogen-bond donors (Lipinski definition) is 1. The van der Waals surface area contributed by atoms with E-state index in [-0.39, 0.29) is 5.54 Å². The highest BCUT2D eigenvalue weighted by Gasteiger charge is 2.19. The van der Waals surface area contributed by atoms with E-state index in [1.54, 1.807) is 0 Å². The van der Waals surface area contributed by atoms with Gasteiger partial charge in [-0.3, -0.25) is 0 Å². The van der Waals surface area contributed by atoms with Gasteiger partial charge in [0.1, 0.15) is 11.5 Å². The van der Waals surface area contributed by atoms with Crippen LogP contribution >= 0.6 is 0 Å². The van der Waals surface area contributed by atoms with Crippen LogP contribution in [0.4, 0.5) is 5.69 Å². The number of nitrogens with one attached hydrogen (secondary N) is 1. The first-order valence-electron chi connectivity index (χ1n) is 7.67. The number of nitrogens with zero attached hydrogens (tertiary/aromatic N) is 1. The minimum absolute atomic E-state index is 0.112. The highest BCUT2D eigenvalue weighted by molar-refractivity contribution is 5.57. The lowest BCUT2D eigenvalue weighted by atomic mass is 10.1. The second-order valence-electron chi connectivity index (χ2n) is 6.77. The van der Waals surface area contributed by atoms with Gasteiger partial charge < -0.3 is 14.6 Å². The first-order chi connectivity index (χ1) is 10.0. The summed E-state index contributed by atoms with van der Waals surface area (Å²) in [5.74, 6) is 2.05. The Kier molecular flexibility index (Phi) is 3.77. The zero-order chi connectivity index (χ0) is 14.9. The van der Waals surface area contributed by atoms with E-state index in [2.05, 4.69) is 67.4 Å². The van der Waals surface area contributed by atoms with E-state index in [4.69, 9.17) is 4.42 Å². The first kappa shape index (κ1) is 14.2. The fourth-order valence-corrected chi connectivity index (χ4v) is 2.71. The Labute approximate surface area is 127 Å². The summed E-state index contributed by atoms with van der Waals surface area (Å²) in [5, 5.41) is 3.45. The number of benzene rings is 1. The van der Waals surface area contributed by atoms with Gasteiger partial charge in [0.25, 0.3) is 0 Å². The molecule has 0 fully saturated rings. The molecule has 3 nitrogen and oxygen atoms in total. The monoisotopic (exact) mass is 284 g/mol. The molecule has 2 heterocycles. The molecule has 2 aromatic rings. The van der Waals surface area contributed by atoms with Crippen LogP contribution in [0, 0.1) is 0 Å². The van der Waals surface area contributed by atoms with Gasteiger partial charge in [0.2, 0.25) is 0 Å². The van der Waals surface area contributed by atoms with Crippen molar-refractivity contribution in [3.05, 3.63) is 53.5 Å². The molecule has 21 heavy (non-hydrogen) atoms. The quantitative estimate of drug-likeness (QED) is 0.927. The molecule has 0 aliphatic carbocycles. The lowest BCUT2D eigenvalue weighted by Crippen LogP contribution is -2.34. The molecular weight excluding hydrogens is 260 g/mol. The average molecular weight is 284 g/mol. The number of furan rings is 1. The van der Waals surface area contributed by atoms with Crippen LogP contribution in [-0.2, 0) is 19.5 Å². The fourth-order valence-electron chi connectivity index (χ4n) is 2.71. The van der Waals surface area contributed by atoms with E-state index in [0.29, 0.717) is 0 Å². The van der Waals surface area contributed by atoms with Gasteiger partial charge in [-0.25, -0.2) is 0 Å². The van der Waals surface area contributed by atoms with Crippen molar-refractivity contribution in [1.29, 1.82) is 0 Å². The Bertz CT molecular complexity index is 610. The van der Waals surface area contributed by atoms with E-state index in [0.717, 1.165) is 37.6 Å². The second kappa shape index (κ2) is 5.57. The molecule has 0 unspecified atom stereocenters. The number of hydrogen-bond acceptors (Lipinski definition) is 3. The van der Waals surface area contributed by atoms with Crippen molar-refractivity contribution in [2.45, 2.75) is 45.8 Å². The van der Waals surface area contributed by atoms with Gasteiger partial charge in [-0.2, -0.15) is 0 Å². The topological polar surface area (TPSA) is 28.4 Å². The molecule has 0 bridgehead atoms. The summed E-state index contributed by atoms with van der Waals surface area (Å²) < 4.78 is 5.95. The lowest BCUT2D eigenvalue weighted by molar-refractivity contribution is 0.378.